The fourth-order valence-corrected chi connectivity index (χ4v) is 3.27. The van der Waals surface area contributed by atoms with Gasteiger partial charge in [-0.25, -0.2) is 0 Å². The van der Waals surface area contributed by atoms with Gasteiger partial charge in [0.15, 0.2) is 5.16 Å². The molecular weight excluding hydrogens is 324 g/mol. The number of nitrogens with two attached hydrogens (primary N) is 1. The molecule has 1 saturated carbocycles. The summed E-state index contributed by atoms with van der Waals surface area (Å²) in [6.45, 7) is 3.19. The minimum Gasteiger partial charge on any atom is -0.493 e. The minimum absolute atomic E-state index is 0.302. The number of nitrogens with zero attached hydrogens (tertiary/aromatic N) is 3. The van der Waals surface area contributed by atoms with E-state index in [0.717, 1.165) is 35.3 Å². The first kappa shape index (κ1) is 16.8. The van der Waals surface area contributed by atoms with Crippen LogP contribution in [-0.4, -0.2) is 33.0 Å². The average Bonchev–Trinajstić information content (AvgIpc) is 3.31. The van der Waals surface area contributed by atoms with Gasteiger partial charge >= 0.3 is 0 Å². The Hall–Kier alpha value is -2.02. The van der Waals surface area contributed by atoms with Crippen LogP contribution < -0.4 is 10.5 Å². The number of hydrogen-bond donors (Lipinski definition) is 1. The number of thioether (sulfide) groups is 1. The number of amides is 1. The van der Waals surface area contributed by atoms with Crippen LogP contribution in [0.25, 0.3) is 0 Å². The molecule has 0 radical (unpaired) electrons. The third-order valence-corrected chi connectivity index (χ3v) is 4.77. The van der Waals surface area contributed by atoms with Crippen molar-refractivity contribution in [2.45, 2.75) is 43.8 Å². The van der Waals surface area contributed by atoms with Crippen LogP contribution >= 0.6 is 11.8 Å². The predicted molar refractivity (Wildman–Crippen MR) is 93.2 cm³/mol. The number of hydrogen-bond acceptors (Lipinski definition) is 5. The van der Waals surface area contributed by atoms with E-state index in [2.05, 4.69) is 10.2 Å². The molecule has 0 spiro atoms. The van der Waals surface area contributed by atoms with Crippen molar-refractivity contribution in [3.05, 3.63) is 35.7 Å². The monoisotopic (exact) mass is 346 g/mol. The van der Waals surface area contributed by atoms with Gasteiger partial charge in [-0.2, -0.15) is 0 Å². The van der Waals surface area contributed by atoms with E-state index in [0.29, 0.717) is 25.5 Å². The second kappa shape index (κ2) is 7.70. The summed E-state index contributed by atoms with van der Waals surface area (Å²) in [5.41, 5.74) is 6.46. The largest absolute Gasteiger partial charge is 0.493 e. The maximum absolute atomic E-state index is 11.1. The summed E-state index contributed by atoms with van der Waals surface area (Å²) in [6, 6.07) is 8.01. The molecule has 1 fully saturated rings. The van der Waals surface area contributed by atoms with Crippen LogP contribution in [0.5, 0.6) is 5.75 Å². The summed E-state index contributed by atoms with van der Waals surface area (Å²) in [7, 11) is 0. The van der Waals surface area contributed by atoms with Crippen molar-refractivity contribution in [3.8, 4) is 5.75 Å². The molecule has 2 aromatic rings. The molecule has 1 aromatic heterocycles. The Bertz CT molecular complexity index is 712. The Labute approximate surface area is 145 Å². The van der Waals surface area contributed by atoms with Gasteiger partial charge in [-0.1, -0.05) is 23.9 Å². The SMILES string of the molecule is Cc1cccc(OCCSc2nnc(C3CC3)n2CCC(N)=O)c1. The number of benzene rings is 1. The Balaban J connectivity index is 1.55. The van der Waals surface area contributed by atoms with Crippen molar-refractivity contribution in [1.82, 2.24) is 14.8 Å². The number of aromatic nitrogens is 3. The van der Waals surface area contributed by atoms with E-state index in [1.54, 1.807) is 11.8 Å². The van der Waals surface area contributed by atoms with E-state index in [4.69, 9.17) is 10.5 Å². The lowest BCUT2D eigenvalue weighted by molar-refractivity contribution is -0.118. The lowest BCUT2D eigenvalue weighted by atomic mass is 10.2. The maximum atomic E-state index is 11.1. The third kappa shape index (κ3) is 4.50. The second-order valence-corrected chi connectivity index (χ2v) is 7.06. The summed E-state index contributed by atoms with van der Waals surface area (Å²) in [6.07, 6.45) is 2.61. The molecule has 128 valence electrons. The quantitative estimate of drug-likeness (QED) is 0.557. The topological polar surface area (TPSA) is 83.0 Å². The van der Waals surface area contributed by atoms with Crippen molar-refractivity contribution in [1.29, 1.82) is 0 Å². The van der Waals surface area contributed by atoms with Crippen molar-refractivity contribution >= 4 is 17.7 Å². The Morgan fingerprint density at radius 3 is 2.96 bits per heavy atom. The molecule has 2 N–H and O–H groups in total. The molecule has 7 heteroatoms. The Morgan fingerprint density at radius 2 is 2.25 bits per heavy atom. The van der Waals surface area contributed by atoms with Gasteiger partial charge in [-0.3, -0.25) is 4.79 Å². The molecule has 1 aromatic carbocycles. The highest BCUT2D eigenvalue weighted by Crippen LogP contribution is 2.40. The molecule has 0 bridgehead atoms. The fraction of sp³-hybridized carbons (Fsp3) is 0.471. The normalized spacial score (nSPS) is 13.9. The van der Waals surface area contributed by atoms with Gasteiger partial charge in [0.05, 0.1) is 6.61 Å². The van der Waals surface area contributed by atoms with Gasteiger partial charge in [0.25, 0.3) is 0 Å². The lowest BCUT2D eigenvalue weighted by Gasteiger charge is -2.09. The molecule has 0 unspecified atom stereocenters. The summed E-state index contributed by atoms with van der Waals surface area (Å²) in [5.74, 6) is 2.82. The van der Waals surface area contributed by atoms with Crippen molar-refractivity contribution in [3.63, 3.8) is 0 Å². The third-order valence-electron chi connectivity index (χ3n) is 3.84. The van der Waals surface area contributed by atoms with Crippen LogP contribution in [-0.2, 0) is 11.3 Å². The highest BCUT2D eigenvalue weighted by molar-refractivity contribution is 7.99. The molecule has 1 aliphatic rings. The van der Waals surface area contributed by atoms with Gasteiger partial charge in [-0.05, 0) is 37.5 Å². The summed E-state index contributed by atoms with van der Waals surface area (Å²) >= 11 is 1.60. The highest BCUT2D eigenvalue weighted by Gasteiger charge is 2.30. The molecular formula is C17H22N4O2S. The van der Waals surface area contributed by atoms with Crippen LogP contribution in [0, 0.1) is 6.92 Å². The number of ether oxygens (including phenoxy) is 1. The second-order valence-electron chi connectivity index (χ2n) is 6.00. The standard InChI is InChI=1S/C17H22N4O2S/c1-12-3-2-4-14(11-12)23-9-10-24-17-20-19-16(13-5-6-13)21(17)8-7-15(18)22/h2-4,11,13H,5-10H2,1H3,(H2,18,22). The van der Waals surface area contributed by atoms with Crippen molar-refractivity contribution < 1.29 is 9.53 Å². The van der Waals surface area contributed by atoms with Crippen molar-refractivity contribution in [2.75, 3.05) is 12.4 Å². The van der Waals surface area contributed by atoms with Crippen LogP contribution in [0.1, 0.15) is 36.6 Å². The Morgan fingerprint density at radius 1 is 1.42 bits per heavy atom. The predicted octanol–water partition coefficient (Wildman–Crippen LogP) is 2.51. The average molecular weight is 346 g/mol. The zero-order chi connectivity index (χ0) is 16.9. The molecule has 1 heterocycles. The summed E-state index contributed by atoms with van der Waals surface area (Å²) in [4.78, 5) is 11.1. The van der Waals surface area contributed by atoms with Gasteiger partial charge in [0.1, 0.15) is 11.6 Å². The molecule has 6 nitrogen and oxygen atoms in total. The van der Waals surface area contributed by atoms with Gasteiger partial charge in [0, 0.05) is 24.6 Å². The molecule has 0 saturated heterocycles. The van der Waals surface area contributed by atoms with E-state index >= 15 is 0 Å². The summed E-state index contributed by atoms with van der Waals surface area (Å²) < 4.78 is 7.80. The zero-order valence-electron chi connectivity index (χ0n) is 13.8. The molecule has 24 heavy (non-hydrogen) atoms. The first-order valence-electron chi connectivity index (χ1n) is 8.17. The van der Waals surface area contributed by atoms with E-state index in [-0.39, 0.29) is 5.91 Å². The number of rotatable bonds is 9. The number of primary amides is 1. The van der Waals surface area contributed by atoms with Crippen LogP contribution in [0.15, 0.2) is 29.4 Å². The number of aryl methyl sites for hydroxylation is 1. The van der Waals surface area contributed by atoms with Gasteiger partial charge in [0.2, 0.25) is 5.91 Å². The highest BCUT2D eigenvalue weighted by atomic mass is 32.2. The van der Waals surface area contributed by atoms with Crippen molar-refractivity contribution in [2.24, 2.45) is 5.73 Å². The van der Waals surface area contributed by atoms with Crippen LogP contribution in [0.3, 0.4) is 0 Å². The van der Waals surface area contributed by atoms with E-state index in [1.807, 2.05) is 35.8 Å². The number of carbonyl (C=O) groups excluding carboxylic acids is 1. The van der Waals surface area contributed by atoms with Crippen LogP contribution in [0.4, 0.5) is 0 Å². The van der Waals surface area contributed by atoms with Crippen LogP contribution in [0.2, 0.25) is 0 Å². The molecule has 0 aliphatic heterocycles. The zero-order valence-corrected chi connectivity index (χ0v) is 14.6. The minimum atomic E-state index is -0.302. The van der Waals surface area contributed by atoms with E-state index in [9.17, 15) is 4.79 Å². The summed E-state index contributed by atoms with van der Waals surface area (Å²) in [5, 5.41) is 9.42. The van der Waals surface area contributed by atoms with Gasteiger partial charge < -0.3 is 15.0 Å². The first-order valence-corrected chi connectivity index (χ1v) is 9.15. The lowest BCUT2D eigenvalue weighted by Crippen LogP contribution is -2.15. The first-order chi connectivity index (χ1) is 11.6. The molecule has 3 rings (SSSR count). The Kier molecular flexibility index (Phi) is 5.40. The fourth-order valence-electron chi connectivity index (χ4n) is 2.48. The van der Waals surface area contributed by atoms with Gasteiger partial charge in [-0.15, -0.1) is 10.2 Å². The molecule has 1 amide bonds. The number of carbonyl (C=O) groups is 1. The molecule has 0 atom stereocenters. The smallest absolute Gasteiger partial charge is 0.219 e. The molecule has 1 aliphatic carbocycles. The maximum Gasteiger partial charge on any atom is 0.219 e. The van der Waals surface area contributed by atoms with E-state index < -0.39 is 0 Å². The van der Waals surface area contributed by atoms with E-state index in [1.165, 1.54) is 5.56 Å².